The number of alkyl carbamates (subject to hydrolysis) is 2. The number of aliphatic hydroxyl groups is 1. The van der Waals surface area contributed by atoms with Crippen molar-refractivity contribution in [1.29, 1.82) is 0 Å². The van der Waals surface area contributed by atoms with Gasteiger partial charge in [0.15, 0.2) is 6.29 Å². The highest BCUT2D eigenvalue weighted by Gasteiger charge is 2.13. The molecule has 2 amide bonds. The normalized spacial score (nSPS) is 14.4. The molecule has 0 radical (unpaired) electrons. The van der Waals surface area contributed by atoms with Gasteiger partial charge in [0, 0.05) is 32.9 Å². The van der Waals surface area contributed by atoms with E-state index in [-0.39, 0.29) is 19.0 Å². The van der Waals surface area contributed by atoms with E-state index in [1.807, 2.05) is 60.7 Å². The van der Waals surface area contributed by atoms with Crippen LogP contribution in [-0.2, 0) is 32.2 Å². The summed E-state index contributed by atoms with van der Waals surface area (Å²) in [4.78, 5) is 22.8. The van der Waals surface area contributed by atoms with E-state index in [2.05, 4.69) is 10.6 Å². The Morgan fingerprint density at radius 2 is 1.30 bits per heavy atom. The van der Waals surface area contributed by atoms with E-state index < -0.39 is 6.09 Å². The predicted molar refractivity (Wildman–Crippen MR) is 154 cm³/mol. The first-order valence-corrected chi connectivity index (χ1v) is 14.4. The third-order valence-electron chi connectivity index (χ3n) is 6.06. The molecule has 2 aromatic rings. The molecule has 0 spiro atoms. The summed E-state index contributed by atoms with van der Waals surface area (Å²) in [5, 5.41) is 14.0. The van der Waals surface area contributed by atoms with E-state index in [1.54, 1.807) is 0 Å². The molecule has 1 fully saturated rings. The summed E-state index contributed by atoms with van der Waals surface area (Å²) in [5.41, 5.74) is 1.97. The van der Waals surface area contributed by atoms with Gasteiger partial charge in [-0.2, -0.15) is 0 Å². The first kappa shape index (κ1) is 33.1. The largest absolute Gasteiger partial charge is 0.445 e. The van der Waals surface area contributed by atoms with Gasteiger partial charge in [-0.3, -0.25) is 0 Å². The fourth-order valence-corrected chi connectivity index (χ4v) is 3.80. The molecule has 0 saturated carbocycles. The number of benzene rings is 2. The summed E-state index contributed by atoms with van der Waals surface area (Å²) >= 11 is 0. The molecule has 9 heteroatoms. The van der Waals surface area contributed by atoms with Gasteiger partial charge in [-0.05, 0) is 68.9 Å². The summed E-state index contributed by atoms with van der Waals surface area (Å²) in [6, 6.07) is 19.2. The lowest BCUT2D eigenvalue weighted by Crippen LogP contribution is -2.25. The molecular weight excluding hydrogens is 512 g/mol. The fraction of sp³-hybridized carbons (Fsp3) is 0.548. The number of carbonyl (C=O) groups is 2. The van der Waals surface area contributed by atoms with E-state index >= 15 is 0 Å². The van der Waals surface area contributed by atoms with Crippen molar-refractivity contribution in [3.8, 4) is 0 Å². The minimum absolute atomic E-state index is 0.00478. The number of carbonyl (C=O) groups excluding carboxylic acids is 2. The van der Waals surface area contributed by atoms with E-state index in [4.69, 9.17) is 24.1 Å². The van der Waals surface area contributed by atoms with Crippen LogP contribution < -0.4 is 10.6 Å². The number of hydrogen-bond donors (Lipinski definition) is 3. The Kier molecular flexibility index (Phi) is 18.7. The van der Waals surface area contributed by atoms with Crippen LogP contribution in [0.5, 0.6) is 0 Å². The number of rotatable bonds is 16. The Balaban J connectivity index is 0.000000294. The molecule has 222 valence electrons. The molecule has 1 aliphatic heterocycles. The van der Waals surface area contributed by atoms with Crippen LogP contribution in [0.25, 0.3) is 0 Å². The molecule has 3 rings (SSSR count). The molecule has 1 aliphatic rings. The average molecular weight is 559 g/mol. The van der Waals surface area contributed by atoms with Crippen molar-refractivity contribution in [3.05, 3.63) is 71.8 Å². The van der Waals surface area contributed by atoms with Crippen LogP contribution in [-0.4, -0.2) is 56.5 Å². The van der Waals surface area contributed by atoms with Gasteiger partial charge >= 0.3 is 12.2 Å². The maximum Gasteiger partial charge on any atom is 0.407 e. The molecule has 1 atom stereocenters. The molecule has 0 bridgehead atoms. The quantitative estimate of drug-likeness (QED) is 0.226. The van der Waals surface area contributed by atoms with Crippen molar-refractivity contribution in [2.45, 2.75) is 77.3 Å². The van der Waals surface area contributed by atoms with Gasteiger partial charge < -0.3 is 34.7 Å². The third kappa shape index (κ3) is 17.4. The monoisotopic (exact) mass is 558 g/mol. The number of unbranched alkanes of at least 4 members (excludes halogenated alkanes) is 4. The van der Waals surface area contributed by atoms with Crippen LogP contribution in [0.3, 0.4) is 0 Å². The molecule has 0 aromatic heterocycles. The Hall–Kier alpha value is -3.14. The first-order valence-electron chi connectivity index (χ1n) is 14.4. The van der Waals surface area contributed by atoms with Gasteiger partial charge in [0.05, 0.1) is 0 Å². The lowest BCUT2D eigenvalue weighted by Gasteiger charge is -2.22. The number of nitrogens with one attached hydrogen (secondary N) is 2. The Morgan fingerprint density at radius 1 is 0.750 bits per heavy atom. The third-order valence-corrected chi connectivity index (χ3v) is 6.06. The Morgan fingerprint density at radius 3 is 1.80 bits per heavy atom. The highest BCUT2D eigenvalue weighted by atomic mass is 16.7. The highest BCUT2D eigenvalue weighted by Crippen LogP contribution is 2.14. The standard InChI is InChI=1S/C18H27NO4.C13H19NO3/c20-18(23-15-16-9-3-1-4-10-16)19-12-6-2-7-13-21-17-11-5-8-14-22-17;15-10-6-2-5-9-14-13(16)17-11-12-7-3-1-4-8-12/h1,3-4,9-10,17H,2,5-8,11-15H2,(H,19,20);1,3-4,7-8,15H,2,5-6,9-11H2,(H,14,16). The van der Waals surface area contributed by atoms with Crippen molar-refractivity contribution in [3.63, 3.8) is 0 Å². The van der Waals surface area contributed by atoms with Crippen LogP contribution in [0.15, 0.2) is 60.7 Å². The molecular formula is C31H46N2O7. The Labute approximate surface area is 238 Å². The Bertz CT molecular complexity index is 893. The van der Waals surface area contributed by atoms with Crippen molar-refractivity contribution in [2.75, 3.05) is 32.9 Å². The van der Waals surface area contributed by atoms with Crippen LogP contribution in [0.2, 0.25) is 0 Å². The molecule has 2 aromatic carbocycles. The number of amides is 2. The van der Waals surface area contributed by atoms with Crippen molar-refractivity contribution < 1.29 is 33.6 Å². The number of aliphatic hydroxyl groups excluding tert-OH is 1. The van der Waals surface area contributed by atoms with Gasteiger partial charge in [0.2, 0.25) is 0 Å². The lowest BCUT2D eigenvalue weighted by atomic mass is 10.2. The van der Waals surface area contributed by atoms with Gasteiger partial charge in [0.25, 0.3) is 0 Å². The second-order valence-corrected chi connectivity index (χ2v) is 9.49. The van der Waals surface area contributed by atoms with Gasteiger partial charge in [-0.25, -0.2) is 9.59 Å². The predicted octanol–water partition coefficient (Wildman–Crippen LogP) is 5.70. The zero-order valence-electron chi connectivity index (χ0n) is 23.6. The van der Waals surface area contributed by atoms with Crippen LogP contribution >= 0.6 is 0 Å². The maximum absolute atomic E-state index is 11.5. The maximum atomic E-state index is 11.5. The molecule has 1 heterocycles. The van der Waals surface area contributed by atoms with E-state index in [9.17, 15) is 9.59 Å². The van der Waals surface area contributed by atoms with Crippen molar-refractivity contribution >= 4 is 12.2 Å². The van der Waals surface area contributed by atoms with Gasteiger partial charge in [-0.15, -0.1) is 0 Å². The van der Waals surface area contributed by atoms with E-state index in [1.165, 1.54) is 6.42 Å². The molecule has 1 saturated heterocycles. The second kappa shape index (κ2) is 22.7. The molecule has 9 nitrogen and oxygen atoms in total. The van der Waals surface area contributed by atoms with E-state index in [0.29, 0.717) is 26.3 Å². The second-order valence-electron chi connectivity index (χ2n) is 9.49. The summed E-state index contributed by atoms with van der Waals surface area (Å²) in [6.45, 7) is 3.58. The summed E-state index contributed by atoms with van der Waals surface area (Å²) in [6.07, 6.45) is 8.08. The minimum Gasteiger partial charge on any atom is -0.445 e. The zero-order valence-corrected chi connectivity index (χ0v) is 23.6. The van der Waals surface area contributed by atoms with Crippen LogP contribution in [0.4, 0.5) is 9.59 Å². The lowest BCUT2D eigenvalue weighted by molar-refractivity contribution is -0.162. The van der Waals surface area contributed by atoms with E-state index in [0.717, 1.165) is 75.7 Å². The fourth-order valence-electron chi connectivity index (χ4n) is 3.80. The topological polar surface area (TPSA) is 115 Å². The summed E-state index contributed by atoms with van der Waals surface area (Å²) in [5.74, 6) is 0. The van der Waals surface area contributed by atoms with Crippen molar-refractivity contribution in [1.82, 2.24) is 10.6 Å². The molecule has 1 unspecified atom stereocenters. The van der Waals surface area contributed by atoms with Crippen LogP contribution in [0, 0.1) is 0 Å². The highest BCUT2D eigenvalue weighted by molar-refractivity contribution is 5.67. The first-order chi connectivity index (χ1) is 19.7. The molecule has 0 aliphatic carbocycles. The molecule has 3 N–H and O–H groups in total. The number of hydrogen-bond acceptors (Lipinski definition) is 7. The average Bonchev–Trinajstić information content (AvgIpc) is 3.00. The minimum atomic E-state index is -0.391. The summed E-state index contributed by atoms with van der Waals surface area (Å²) in [7, 11) is 0. The van der Waals surface area contributed by atoms with Gasteiger partial charge in [0.1, 0.15) is 13.2 Å². The summed E-state index contributed by atoms with van der Waals surface area (Å²) < 4.78 is 21.3. The zero-order chi connectivity index (χ0) is 28.5. The van der Waals surface area contributed by atoms with Gasteiger partial charge in [-0.1, -0.05) is 60.7 Å². The SMILES string of the molecule is O=C(NCCCCCO)OCc1ccccc1.O=C(NCCCCCOC1CCCCO1)OCc1ccccc1. The van der Waals surface area contributed by atoms with Crippen LogP contribution in [0.1, 0.15) is 68.9 Å². The molecule has 40 heavy (non-hydrogen) atoms. The van der Waals surface area contributed by atoms with Crippen molar-refractivity contribution in [2.24, 2.45) is 0 Å². The number of ether oxygens (including phenoxy) is 4. The smallest absolute Gasteiger partial charge is 0.407 e.